The topological polar surface area (TPSA) is 46.2 Å². The van der Waals surface area contributed by atoms with Crippen LogP contribution in [-0.2, 0) is 10.2 Å². The molecule has 0 amide bonds. The highest BCUT2D eigenvalue weighted by molar-refractivity contribution is 6.88. The first-order valence-electron chi connectivity index (χ1n) is 12.9. The Labute approximate surface area is 214 Å². The van der Waals surface area contributed by atoms with Crippen molar-refractivity contribution in [3.8, 4) is 11.3 Å². The molecule has 0 spiro atoms. The second-order valence-corrected chi connectivity index (χ2v) is 17.1. The van der Waals surface area contributed by atoms with Gasteiger partial charge in [0.15, 0.2) is 12.0 Å². The number of aliphatic hydroxyl groups is 1. The van der Waals surface area contributed by atoms with Crippen molar-refractivity contribution in [1.82, 2.24) is 4.98 Å². The minimum Gasteiger partial charge on any atom is -0.506 e. The van der Waals surface area contributed by atoms with E-state index in [9.17, 15) is 5.11 Å². The van der Waals surface area contributed by atoms with Gasteiger partial charge in [-0.2, -0.15) is 4.57 Å². The first-order valence-corrected chi connectivity index (χ1v) is 16.4. The molecule has 4 nitrogen and oxygen atoms in total. The number of aliphatic hydroxyl groups excluding tert-OH is 1. The third-order valence-corrected chi connectivity index (χ3v) is 10.5. The molecular weight excluding hydrogens is 460 g/mol. The van der Waals surface area contributed by atoms with E-state index < -0.39 is 8.07 Å². The van der Waals surface area contributed by atoms with E-state index in [1.807, 2.05) is 12.3 Å². The quantitative estimate of drug-likeness (QED) is 0.202. The Morgan fingerprint density at radius 2 is 1.94 bits per heavy atom. The van der Waals surface area contributed by atoms with Gasteiger partial charge in [-0.3, -0.25) is 4.98 Å². The fourth-order valence-corrected chi connectivity index (χ4v) is 7.82. The summed E-state index contributed by atoms with van der Waals surface area (Å²) in [5.74, 6) is 0.215. The van der Waals surface area contributed by atoms with Crippen LogP contribution in [-0.4, -0.2) is 31.9 Å². The highest BCUT2D eigenvalue weighted by Gasteiger charge is 2.49. The number of rotatable bonds is 5. The largest absolute Gasteiger partial charge is 0.506 e. The van der Waals surface area contributed by atoms with Crippen LogP contribution in [0.1, 0.15) is 48.9 Å². The number of fused-ring (bicyclic) bond motifs is 2. The van der Waals surface area contributed by atoms with Gasteiger partial charge in [-0.15, -0.1) is 0 Å². The lowest BCUT2D eigenvalue weighted by Crippen LogP contribution is -2.50. The maximum absolute atomic E-state index is 11.0. The first kappa shape index (κ1) is 23.4. The van der Waals surface area contributed by atoms with Crippen LogP contribution in [0.4, 0.5) is 0 Å². The van der Waals surface area contributed by atoms with Gasteiger partial charge in [-0.25, -0.2) is 0 Å². The molecular formula is C31H35N2O2Si+. The summed E-state index contributed by atoms with van der Waals surface area (Å²) >= 11 is 0. The van der Waals surface area contributed by atoms with E-state index in [1.165, 1.54) is 43.9 Å². The van der Waals surface area contributed by atoms with Crippen molar-refractivity contribution in [2.75, 3.05) is 13.7 Å². The van der Waals surface area contributed by atoms with Gasteiger partial charge in [0.05, 0.1) is 30.5 Å². The molecule has 1 aliphatic heterocycles. The molecule has 184 valence electrons. The molecule has 2 aromatic carbocycles. The molecule has 0 saturated carbocycles. The van der Waals surface area contributed by atoms with Crippen LogP contribution in [0.2, 0.25) is 19.6 Å². The van der Waals surface area contributed by atoms with Gasteiger partial charge in [-0.1, -0.05) is 63.5 Å². The Kier molecular flexibility index (Phi) is 5.02. The molecule has 1 N–H and O–H groups in total. The molecule has 3 heterocycles. The lowest BCUT2D eigenvalue weighted by Gasteiger charge is -2.40. The molecule has 2 aromatic heterocycles. The summed E-state index contributed by atoms with van der Waals surface area (Å²) in [6.07, 6.45) is 4.83. The van der Waals surface area contributed by atoms with E-state index in [1.54, 1.807) is 7.11 Å². The molecule has 36 heavy (non-hydrogen) atoms. The molecule has 2 unspecified atom stereocenters. The average Bonchev–Trinajstić information content (AvgIpc) is 2.83. The summed E-state index contributed by atoms with van der Waals surface area (Å²) in [4.78, 5) is 4.81. The number of methoxy groups -OCH3 is 1. The summed E-state index contributed by atoms with van der Waals surface area (Å²) in [5.41, 5.74) is 7.28. The Balaban J connectivity index is 1.84. The van der Waals surface area contributed by atoms with Crippen molar-refractivity contribution >= 4 is 34.9 Å². The van der Waals surface area contributed by atoms with E-state index in [-0.39, 0.29) is 23.1 Å². The predicted octanol–water partition coefficient (Wildman–Crippen LogP) is 6.27. The smallest absolute Gasteiger partial charge is 0.222 e. The number of hydrogen-bond donors (Lipinski definition) is 1. The normalized spacial score (nSPS) is 19.6. The van der Waals surface area contributed by atoms with Crippen LogP contribution >= 0.6 is 0 Å². The maximum atomic E-state index is 11.0. The SMILES string of the molecule is C=C(O)C1C(CCOC)c2c3c(cc4ncccc24)C(C)(C)c2cc([Si](C)(C)C)cc4cc[n+]1c-3c24. The third-order valence-electron chi connectivity index (χ3n) is 8.50. The molecule has 2 aliphatic rings. The Morgan fingerprint density at radius 3 is 2.64 bits per heavy atom. The molecule has 2 atom stereocenters. The van der Waals surface area contributed by atoms with Crippen LogP contribution in [0.15, 0.2) is 61.1 Å². The number of allylic oxidation sites excluding steroid dienone is 1. The number of benzene rings is 2. The van der Waals surface area contributed by atoms with Gasteiger partial charge in [0.2, 0.25) is 11.7 Å². The standard InChI is InChI=1S/C31H34N2O2Si/c1-18(34)29-22(11-14-35-4)27-21-9-8-12-32-25(21)17-24-28(27)30-26-19(10-13-33(29)30)15-20(36(5,6)7)16-23(26)31(24,2)3/h8-10,12-13,15-17,22,29H,1,11,14H2,2-7H3/p+1. The Morgan fingerprint density at radius 1 is 1.17 bits per heavy atom. The number of nitrogens with zero attached hydrogens (tertiary/aromatic N) is 2. The van der Waals surface area contributed by atoms with E-state index in [0.29, 0.717) is 6.61 Å². The van der Waals surface area contributed by atoms with E-state index in [4.69, 9.17) is 9.72 Å². The summed E-state index contributed by atoms with van der Waals surface area (Å²) in [6.45, 7) is 16.6. The van der Waals surface area contributed by atoms with Crippen molar-refractivity contribution < 1.29 is 14.4 Å². The van der Waals surface area contributed by atoms with Crippen LogP contribution in [0.5, 0.6) is 0 Å². The van der Waals surface area contributed by atoms with Crippen LogP contribution < -0.4 is 9.75 Å². The molecule has 6 rings (SSSR count). The summed E-state index contributed by atoms with van der Waals surface area (Å²) in [6, 6.07) is 13.4. The van der Waals surface area contributed by atoms with Crippen molar-refractivity contribution in [2.45, 2.75) is 57.3 Å². The highest BCUT2D eigenvalue weighted by Crippen LogP contribution is 2.55. The van der Waals surface area contributed by atoms with Crippen molar-refractivity contribution in [2.24, 2.45) is 0 Å². The molecule has 0 fully saturated rings. The van der Waals surface area contributed by atoms with Gasteiger partial charge < -0.3 is 9.84 Å². The van der Waals surface area contributed by atoms with E-state index in [2.05, 4.69) is 81.2 Å². The Hall–Kier alpha value is -3.02. The average molecular weight is 496 g/mol. The zero-order valence-corrected chi connectivity index (χ0v) is 23.1. The van der Waals surface area contributed by atoms with Crippen LogP contribution in [0.3, 0.4) is 0 Å². The highest BCUT2D eigenvalue weighted by atomic mass is 28.3. The van der Waals surface area contributed by atoms with Gasteiger partial charge in [0, 0.05) is 36.8 Å². The monoisotopic (exact) mass is 495 g/mol. The maximum Gasteiger partial charge on any atom is 0.222 e. The fraction of sp³-hybridized carbons (Fsp3) is 0.355. The minimum atomic E-state index is -1.54. The number of ether oxygens (including phenoxy) is 1. The van der Waals surface area contributed by atoms with Gasteiger partial charge in [-0.05, 0) is 40.6 Å². The predicted molar refractivity (Wildman–Crippen MR) is 150 cm³/mol. The zero-order chi connectivity index (χ0) is 25.6. The second-order valence-electron chi connectivity index (χ2n) is 12.0. The molecule has 0 bridgehead atoms. The lowest BCUT2D eigenvalue weighted by molar-refractivity contribution is -0.711. The van der Waals surface area contributed by atoms with E-state index in [0.717, 1.165) is 17.3 Å². The fourth-order valence-electron chi connectivity index (χ4n) is 6.66. The summed E-state index contributed by atoms with van der Waals surface area (Å²) < 4.78 is 7.84. The number of aromatic nitrogens is 2. The lowest BCUT2D eigenvalue weighted by atomic mass is 9.65. The molecule has 1 aliphatic carbocycles. The van der Waals surface area contributed by atoms with Crippen molar-refractivity contribution in [1.29, 1.82) is 0 Å². The van der Waals surface area contributed by atoms with Gasteiger partial charge in [0.1, 0.15) is 0 Å². The number of pyridine rings is 2. The molecule has 4 aromatic rings. The van der Waals surface area contributed by atoms with E-state index >= 15 is 0 Å². The zero-order valence-electron chi connectivity index (χ0n) is 22.1. The Bertz CT molecular complexity index is 1580. The van der Waals surface area contributed by atoms with Crippen molar-refractivity contribution in [3.05, 3.63) is 77.8 Å². The number of hydrogen-bond acceptors (Lipinski definition) is 3. The van der Waals surface area contributed by atoms with Crippen LogP contribution in [0.25, 0.3) is 32.9 Å². The third kappa shape index (κ3) is 3.09. The van der Waals surface area contributed by atoms with Crippen molar-refractivity contribution in [3.63, 3.8) is 0 Å². The van der Waals surface area contributed by atoms with Crippen LogP contribution in [0, 0.1) is 0 Å². The first-order chi connectivity index (χ1) is 17.1. The van der Waals surface area contributed by atoms with Gasteiger partial charge in [0.25, 0.3) is 0 Å². The summed E-state index contributed by atoms with van der Waals surface area (Å²) in [5, 5.41) is 16.3. The minimum absolute atomic E-state index is 0.0256. The van der Waals surface area contributed by atoms with Gasteiger partial charge >= 0.3 is 0 Å². The molecule has 0 saturated heterocycles. The molecule has 0 radical (unpaired) electrons. The summed E-state index contributed by atoms with van der Waals surface area (Å²) in [7, 11) is 0.198. The molecule has 5 heteroatoms. The second kappa shape index (κ2) is 7.74.